The lowest BCUT2D eigenvalue weighted by atomic mass is 9.74. The van der Waals surface area contributed by atoms with Crippen LogP contribution in [0.25, 0.3) is 6.08 Å². The lowest BCUT2D eigenvalue weighted by Crippen LogP contribution is -2.44. The third-order valence-corrected chi connectivity index (χ3v) is 5.25. The number of ether oxygens (including phenoxy) is 1. The minimum Gasteiger partial charge on any atom is -0.473 e. The highest BCUT2D eigenvalue weighted by Gasteiger charge is 2.46. The zero-order valence-electron chi connectivity index (χ0n) is 13.6. The van der Waals surface area contributed by atoms with E-state index in [0.717, 1.165) is 22.3 Å². The Kier molecular flexibility index (Phi) is 2.77. The van der Waals surface area contributed by atoms with Crippen LogP contribution in [0.4, 0.5) is 0 Å². The van der Waals surface area contributed by atoms with Crippen molar-refractivity contribution in [2.75, 3.05) is 7.05 Å². The summed E-state index contributed by atoms with van der Waals surface area (Å²) in [6.45, 7) is 0. The van der Waals surface area contributed by atoms with Crippen LogP contribution in [0.3, 0.4) is 0 Å². The molecular weight excluding hydrogens is 316 g/mol. The number of hydrogen-bond acceptors (Lipinski definition) is 4. The first-order chi connectivity index (χ1) is 12.1. The Morgan fingerprint density at radius 3 is 3.00 bits per heavy atom. The number of carbonyl (C=O) groups is 2. The molecule has 2 heterocycles. The molecule has 1 spiro atoms. The Morgan fingerprint density at radius 1 is 1.28 bits per heavy atom. The summed E-state index contributed by atoms with van der Waals surface area (Å²) in [5.74, 6) is 0.657. The smallest absolute Gasteiger partial charge is 0.253 e. The highest BCUT2D eigenvalue weighted by atomic mass is 16.5. The lowest BCUT2D eigenvalue weighted by molar-refractivity contribution is -0.114. The van der Waals surface area contributed by atoms with Gasteiger partial charge in [0.2, 0.25) is 0 Å². The summed E-state index contributed by atoms with van der Waals surface area (Å²) in [7, 11) is 1.80. The molecule has 1 amide bonds. The maximum Gasteiger partial charge on any atom is 0.253 e. The number of nitrogens with one attached hydrogen (secondary N) is 2. The van der Waals surface area contributed by atoms with Gasteiger partial charge in [0.15, 0.2) is 11.4 Å². The van der Waals surface area contributed by atoms with E-state index >= 15 is 0 Å². The van der Waals surface area contributed by atoms with Crippen molar-refractivity contribution in [2.45, 2.75) is 18.2 Å². The fourth-order valence-corrected chi connectivity index (χ4v) is 4.02. The van der Waals surface area contributed by atoms with Crippen molar-refractivity contribution in [3.8, 4) is 5.75 Å². The molecule has 0 aromatic heterocycles. The first-order valence-electron chi connectivity index (χ1n) is 8.28. The normalized spacial score (nSPS) is 28.1. The highest BCUT2D eigenvalue weighted by Crippen LogP contribution is 2.49. The SMILES string of the molecule is CNC1NC(=O)c2ccc3c(c21)OC12C=CC(=O)CC1=CC=CC2=C3. The van der Waals surface area contributed by atoms with Crippen molar-refractivity contribution in [3.63, 3.8) is 0 Å². The fraction of sp³-hybridized carbons (Fsp3) is 0.200. The van der Waals surface area contributed by atoms with E-state index in [9.17, 15) is 9.59 Å². The quantitative estimate of drug-likeness (QED) is 0.827. The summed E-state index contributed by atoms with van der Waals surface area (Å²) in [5.41, 5.74) is 3.56. The van der Waals surface area contributed by atoms with Crippen LogP contribution in [-0.4, -0.2) is 24.3 Å². The van der Waals surface area contributed by atoms with Gasteiger partial charge in [-0.3, -0.25) is 14.9 Å². The number of hydrogen-bond donors (Lipinski definition) is 2. The van der Waals surface area contributed by atoms with Crippen LogP contribution in [0.15, 0.2) is 53.7 Å². The van der Waals surface area contributed by atoms with E-state index < -0.39 is 5.60 Å². The van der Waals surface area contributed by atoms with Crippen molar-refractivity contribution in [1.82, 2.24) is 10.6 Å². The molecule has 0 saturated carbocycles. The van der Waals surface area contributed by atoms with Crippen molar-refractivity contribution < 1.29 is 14.3 Å². The number of fused-ring (bicyclic) bond motifs is 3. The molecule has 0 bridgehead atoms. The molecule has 2 N–H and O–H groups in total. The number of benzene rings is 1. The second kappa shape index (κ2) is 4.80. The Labute approximate surface area is 144 Å². The van der Waals surface area contributed by atoms with Crippen molar-refractivity contribution in [2.24, 2.45) is 0 Å². The van der Waals surface area contributed by atoms with Crippen molar-refractivity contribution in [3.05, 3.63) is 70.3 Å². The Bertz CT molecular complexity index is 967. The van der Waals surface area contributed by atoms with Gasteiger partial charge in [0.25, 0.3) is 5.91 Å². The number of ketones is 1. The van der Waals surface area contributed by atoms with E-state index in [0.29, 0.717) is 17.7 Å². The fourth-order valence-electron chi connectivity index (χ4n) is 4.02. The molecule has 5 heteroatoms. The van der Waals surface area contributed by atoms with Crippen LogP contribution in [-0.2, 0) is 4.79 Å². The van der Waals surface area contributed by atoms with E-state index in [1.54, 1.807) is 13.1 Å². The van der Waals surface area contributed by atoms with Gasteiger partial charge in [0, 0.05) is 28.7 Å². The first-order valence-corrected chi connectivity index (χ1v) is 8.28. The summed E-state index contributed by atoms with van der Waals surface area (Å²) in [6.07, 6.45) is 11.5. The van der Waals surface area contributed by atoms with Crippen LogP contribution in [0.5, 0.6) is 5.75 Å². The molecule has 4 aliphatic rings. The molecule has 2 aliphatic carbocycles. The second-order valence-corrected chi connectivity index (χ2v) is 6.61. The van der Waals surface area contributed by atoms with Gasteiger partial charge in [-0.25, -0.2) is 0 Å². The van der Waals surface area contributed by atoms with Gasteiger partial charge in [0.1, 0.15) is 11.9 Å². The Morgan fingerprint density at radius 2 is 2.16 bits per heavy atom. The summed E-state index contributed by atoms with van der Waals surface area (Å²) < 4.78 is 6.54. The number of allylic oxidation sites excluding steroid dienone is 3. The van der Waals surface area contributed by atoms with E-state index in [4.69, 9.17) is 4.74 Å². The monoisotopic (exact) mass is 332 g/mol. The van der Waals surface area contributed by atoms with Gasteiger partial charge in [-0.15, -0.1) is 0 Å². The molecule has 2 unspecified atom stereocenters. The van der Waals surface area contributed by atoms with Gasteiger partial charge in [-0.1, -0.05) is 24.3 Å². The molecular formula is C20H16N2O3. The summed E-state index contributed by atoms with van der Waals surface area (Å²) >= 11 is 0. The zero-order valence-corrected chi connectivity index (χ0v) is 13.6. The van der Waals surface area contributed by atoms with Crippen LogP contribution in [0, 0.1) is 0 Å². The molecule has 25 heavy (non-hydrogen) atoms. The van der Waals surface area contributed by atoms with E-state index in [-0.39, 0.29) is 17.9 Å². The maximum absolute atomic E-state index is 12.2. The minimum atomic E-state index is -0.755. The minimum absolute atomic E-state index is 0.0733. The molecule has 2 atom stereocenters. The number of carbonyl (C=O) groups excluding carboxylic acids is 2. The molecule has 0 radical (unpaired) electrons. The van der Waals surface area contributed by atoms with Crippen LogP contribution >= 0.6 is 0 Å². The van der Waals surface area contributed by atoms with E-state index in [1.807, 2.05) is 36.4 Å². The standard InChI is InChI=1S/C20H16N2O3/c1-21-18-16-15(19(24)22-18)6-5-11-9-12-3-2-4-13-10-14(23)7-8-20(12,13)25-17(11)16/h2-9,18,21H,10H2,1H3,(H,22,24). The molecule has 1 aromatic rings. The average Bonchev–Trinajstić information content (AvgIpc) is 2.95. The van der Waals surface area contributed by atoms with Crippen LogP contribution < -0.4 is 15.4 Å². The molecule has 0 saturated heterocycles. The maximum atomic E-state index is 12.2. The van der Waals surface area contributed by atoms with Gasteiger partial charge >= 0.3 is 0 Å². The third kappa shape index (κ3) is 1.81. The second-order valence-electron chi connectivity index (χ2n) is 6.61. The third-order valence-electron chi connectivity index (χ3n) is 5.25. The molecule has 2 aliphatic heterocycles. The summed E-state index contributed by atoms with van der Waals surface area (Å²) in [5, 5.41) is 6.03. The molecule has 5 rings (SSSR count). The average molecular weight is 332 g/mol. The Balaban J connectivity index is 1.75. The topological polar surface area (TPSA) is 67.4 Å². The number of rotatable bonds is 1. The van der Waals surface area contributed by atoms with E-state index in [1.165, 1.54) is 0 Å². The molecule has 0 fully saturated rings. The van der Waals surface area contributed by atoms with Crippen molar-refractivity contribution >= 4 is 17.8 Å². The van der Waals surface area contributed by atoms with Gasteiger partial charge < -0.3 is 10.1 Å². The van der Waals surface area contributed by atoms with Gasteiger partial charge in [-0.2, -0.15) is 0 Å². The summed E-state index contributed by atoms with van der Waals surface area (Å²) in [4.78, 5) is 24.1. The van der Waals surface area contributed by atoms with Gasteiger partial charge in [-0.05, 0) is 36.9 Å². The first kappa shape index (κ1) is 14.4. The van der Waals surface area contributed by atoms with E-state index in [2.05, 4.69) is 16.7 Å². The number of amides is 1. The van der Waals surface area contributed by atoms with Crippen LogP contribution in [0.2, 0.25) is 0 Å². The zero-order chi connectivity index (χ0) is 17.2. The highest BCUT2D eigenvalue weighted by molar-refractivity contribution is 6.01. The van der Waals surface area contributed by atoms with Gasteiger partial charge in [0.05, 0.1) is 0 Å². The summed E-state index contributed by atoms with van der Waals surface area (Å²) in [6, 6.07) is 3.75. The molecule has 5 nitrogen and oxygen atoms in total. The predicted molar refractivity (Wildman–Crippen MR) is 93.0 cm³/mol. The van der Waals surface area contributed by atoms with Crippen LogP contribution in [0.1, 0.15) is 34.1 Å². The molecule has 1 aromatic carbocycles. The lowest BCUT2D eigenvalue weighted by Gasteiger charge is -2.42. The Hall–Kier alpha value is -2.92. The molecule has 124 valence electrons. The largest absolute Gasteiger partial charge is 0.473 e. The van der Waals surface area contributed by atoms with Crippen molar-refractivity contribution in [1.29, 1.82) is 0 Å². The predicted octanol–water partition coefficient (Wildman–Crippen LogP) is 2.19.